The van der Waals surface area contributed by atoms with Crippen LogP contribution in [0.25, 0.3) is 0 Å². The van der Waals surface area contributed by atoms with Crippen LogP contribution in [0.1, 0.15) is 36.0 Å². The Kier molecular flexibility index (Phi) is 4.17. The smallest absolute Gasteiger partial charge is 0.188 e. The van der Waals surface area contributed by atoms with Gasteiger partial charge in [-0.1, -0.05) is 0 Å². The van der Waals surface area contributed by atoms with E-state index < -0.39 is 0 Å². The Morgan fingerprint density at radius 2 is 2.10 bits per heavy atom. The van der Waals surface area contributed by atoms with Crippen molar-refractivity contribution in [3.8, 4) is 0 Å². The first-order valence-corrected chi connectivity index (χ1v) is 8.21. The Bertz CT molecular complexity index is 624. The second-order valence-electron chi connectivity index (χ2n) is 5.77. The van der Waals surface area contributed by atoms with Crippen LogP contribution < -0.4 is 5.32 Å². The average molecular weight is 303 g/mol. The second-order valence-corrected chi connectivity index (χ2v) is 6.63. The van der Waals surface area contributed by atoms with E-state index in [2.05, 4.69) is 27.2 Å². The van der Waals surface area contributed by atoms with Gasteiger partial charge in [0, 0.05) is 29.6 Å². The molecule has 1 aliphatic heterocycles. The van der Waals surface area contributed by atoms with Gasteiger partial charge in [-0.05, 0) is 40.3 Å². The lowest BCUT2D eigenvalue weighted by molar-refractivity contribution is 0.246. The molecule has 5 nitrogen and oxygen atoms in total. The van der Waals surface area contributed by atoms with Crippen LogP contribution in [0, 0.1) is 13.8 Å². The van der Waals surface area contributed by atoms with Crippen LogP contribution in [0.3, 0.4) is 0 Å². The van der Waals surface area contributed by atoms with Gasteiger partial charge in [0.1, 0.15) is 11.6 Å². The molecule has 0 bridgehead atoms. The maximum absolute atomic E-state index is 4.71. The first kappa shape index (κ1) is 14.4. The Labute approximate surface area is 129 Å². The molecule has 2 aromatic rings. The van der Waals surface area contributed by atoms with Crippen LogP contribution in [-0.4, -0.2) is 40.0 Å². The second kappa shape index (κ2) is 6.07. The van der Waals surface area contributed by atoms with Gasteiger partial charge in [0.2, 0.25) is 0 Å². The van der Waals surface area contributed by atoms with Crippen LogP contribution in [0.4, 0.5) is 10.9 Å². The number of hydrogen-bond donors (Lipinski definition) is 1. The summed E-state index contributed by atoms with van der Waals surface area (Å²) >= 11 is 1.60. The molecule has 21 heavy (non-hydrogen) atoms. The van der Waals surface area contributed by atoms with E-state index in [4.69, 9.17) is 4.98 Å². The molecule has 0 saturated carbocycles. The highest BCUT2D eigenvalue weighted by molar-refractivity contribution is 7.13. The third kappa shape index (κ3) is 3.57. The van der Waals surface area contributed by atoms with Crippen molar-refractivity contribution in [2.75, 3.05) is 25.5 Å². The number of likely N-dealkylation sites (tertiary alicyclic amines) is 1. The number of nitrogens with zero attached hydrogens (tertiary/aromatic N) is 4. The van der Waals surface area contributed by atoms with E-state index >= 15 is 0 Å². The zero-order chi connectivity index (χ0) is 14.8. The van der Waals surface area contributed by atoms with Crippen LogP contribution in [-0.2, 0) is 0 Å². The van der Waals surface area contributed by atoms with E-state index in [1.165, 1.54) is 19.4 Å². The molecule has 0 amide bonds. The van der Waals surface area contributed by atoms with Crippen molar-refractivity contribution < 1.29 is 0 Å². The predicted octanol–water partition coefficient (Wildman–Crippen LogP) is 3.10. The van der Waals surface area contributed by atoms with Crippen LogP contribution in [0.15, 0.2) is 11.4 Å². The molecule has 6 heteroatoms. The topological polar surface area (TPSA) is 53.9 Å². The number of piperidine rings is 1. The summed E-state index contributed by atoms with van der Waals surface area (Å²) in [5.74, 6) is 2.24. The summed E-state index contributed by atoms with van der Waals surface area (Å²) in [6.07, 6.45) is 2.39. The van der Waals surface area contributed by atoms with Gasteiger partial charge in [-0.15, -0.1) is 11.3 Å². The fraction of sp³-hybridized carbons (Fsp3) is 0.533. The number of aryl methyl sites for hydroxylation is 2. The highest BCUT2D eigenvalue weighted by atomic mass is 32.1. The zero-order valence-corrected chi connectivity index (χ0v) is 13.6. The molecule has 1 fully saturated rings. The molecule has 0 aromatic carbocycles. The lowest BCUT2D eigenvalue weighted by Crippen LogP contribution is -2.31. The molecular weight excluding hydrogens is 282 g/mol. The van der Waals surface area contributed by atoms with E-state index in [1.807, 2.05) is 25.3 Å². The first-order valence-electron chi connectivity index (χ1n) is 7.33. The third-order valence-corrected chi connectivity index (χ3v) is 4.59. The quantitative estimate of drug-likeness (QED) is 0.944. The number of likely N-dealkylation sites (N-methyl/N-ethyl adjacent to an activating group) is 1. The van der Waals surface area contributed by atoms with Crippen molar-refractivity contribution in [1.82, 2.24) is 19.9 Å². The molecule has 1 unspecified atom stereocenters. The summed E-state index contributed by atoms with van der Waals surface area (Å²) in [6.45, 7) is 6.23. The summed E-state index contributed by atoms with van der Waals surface area (Å²) in [5.41, 5.74) is 2.03. The van der Waals surface area contributed by atoms with Gasteiger partial charge in [0.05, 0.1) is 5.69 Å². The third-order valence-electron chi connectivity index (χ3n) is 3.72. The number of rotatable bonds is 3. The number of hydrogen-bond acceptors (Lipinski definition) is 6. The number of thiazole rings is 1. The summed E-state index contributed by atoms with van der Waals surface area (Å²) < 4.78 is 0. The number of anilines is 2. The molecule has 0 aliphatic carbocycles. The maximum Gasteiger partial charge on any atom is 0.188 e. The Hall–Kier alpha value is -1.53. The molecule has 1 aliphatic rings. The van der Waals surface area contributed by atoms with Crippen molar-refractivity contribution in [1.29, 1.82) is 0 Å². The lowest BCUT2D eigenvalue weighted by Gasteiger charge is -2.28. The molecular formula is C15H21N5S. The highest BCUT2D eigenvalue weighted by Gasteiger charge is 2.22. The molecule has 1 atom stereocenters. The van der Waals surface area contributed by atoms with Crippen molar-refractivity contribution in [3.63, 3.8) is 0 Å². The van der Waals surface area contributed by atoms with Gasteiger partial charge in [0.25, 0.3) is 0 Å². The van der Waals surface area contributed by atoms with E-state index in [0.717, 1.165) is 34.7 Å². The van der Waals surface area contributed by atoms with E-state index in [9.17, 15) is 0 Å². The molecule has 1 N–H and O–H groups in total. The van der Waals surface area contributed by atoms with Gasteiger partial charge in [-0.2, -0.15) is 0 Å². The lowest BCUT2D eigenvalue weighted by atomic mass is 9.97. The summed E-state index contributed by atoms with van der Waals surface area (Å²) in [6, 6.07) is 1.98. The molecule has 1 saturated heterocycles. The van der Waals surface area contributed by atoms with Crippen LogP contribution in [0.5, 0.6) is 0 Å². The zero-order valence-electron chi connectivity index (χ0n) is 12.8. The van der Waals surface area contributed by atoms with Crippen LogP contribution in [0.2, 0.25) is 0 Å². The normalized spacial score (nSPS) is 19.7. The number of aromatic nitrogens is 3. The predicted molar refractivity (Wildman–Crippen MR) is 86.4 cm³/mol. The highest BCUT2D eigenvalue weighted by Crippen LogP contribution is 2.26. The fourth-order valence-electron chi connectivity index (χ4n) is 2.74. The van der Waals surface area contributed by atoms with Gasteiger partial charge >= 0.3 is 0 Å². The standard InChI is InChI=1S/C15H21N5S/c1-10-7-13(19-15-17-11(2)9-21-15)18-14(16-10)12-5-4-6-20(3)8-12/h7,9,12H,4-6,8H2,1-3H3,(H,16,17,18,19). The van der Waals surface area contributed by atoms with Crippen molar-refractivity contribution in [2.45, 2.75) is 32.6 Å². The minimum atomic E-state index is 0.433. The van der Waals surface area contributed by atoms with Gasteiger partial charge in [0.15, 0.2) is 5.13 Å². The fourth-order valence-corrected chi connectivity index (χ4v) is 3.43. The van der Waals surface area contributed by atoms with E-state index in [1.54, 1.807) is 11.3 Å². The van der Waals surface area contributed by atoms with E-state index in [0.29, 0.717) is 5.92 Å². The summed E-state index contributed by atoms with van der Waals surface area (Å²) in [7, 11) is 2.17. The Morgan fingerprint density at radius 1 is 1.24 bits per heavy atom. The molecule has 112 valence electrons. The summed E-state index contributed by atoms with van der Waals surface area (Å²) in [5, 5.41) is 6.22. The molecule has 0 radical (unpaired) electrons. The van der Waals surface area contributed by atoms with Crippen molar-refractivity contribution in [2.24, 2.45) is 0 Å². The van der Waals surface area contributed by atoms with Gasteiger partial charge < -0.3 is 10.2 Å². The Balaban J connectivity index is 1.82. The van der Waals surface area contributed by atoms with E-state index in [-0.39, 0.29) is 0 Å². The first-order chi connectivity index (χ1) is 10.1. The van der Waals surface area contributed by atoms with Crippen molar-refractivity contribution in [3.05, 3.63) is 28.7 Å². The average Bonchev–Trinajstić information content (AvgIpc) is 2.83. The van der Waals surface area contributed by atoms with Gasteiger partial charge in [-0.3, -0.25) is 0 Å². The minimum absolute atomic E-state index is 0.433. The molecule has 3 rings (SSSR count). The Morgan fingerprint density at radius 3 is 2.81 bits per heavy atom. The van der Waals surface area contributed by atoms with Gasteiger partial charge in [-0.25, -0.2) is 15.0 Å². The SMILES string of the molecule is Cc1cc(Nc2nc(C)cs2)nc(C2CCCN(C)C2)n1. The minimum Gasteiger partial charge on any atom is -0.316 e. The maximum atomic E-state index is 4.71. The molecule has 2 aromatic heterocycles. The molecule has 3 heterocycles. The monoisotopic (exact) mass is 303 g/mol. The van der Waals surface area contributed by atoms with Crippen LogP contribution >= 0.6 is 11.3 Å². The largest absolute Gasteiger partial charge is 0.316 e. The molecule has 0 spiro atoms. The van der Waals surface area contributed by atoms with Crippen molar-refractivity contribution >= 4 is 22.3 Å². The summed E-state index contributed by atoms with van der Waals surface area (Å²) in [4.78, 5) is 16.1. The number of nitrogens with one attached hydrogen (secondary N) is 1.